The van der Waals surface area contributed by atoms with Crippen LogP contribution in [0.25, 0.3) is 11.1 Å². The topological polar surface area (TPSA) is 44.8 Å². The molecule has 3 aromatic carbocycles. The van der Waals surface area contributed by atoms with E-state index in [1.54, 1.807) is 24.3 Å². The molecule has 0 saturated heterocycles. The molecule has 118 valence electrons. The molecule has 1 aliphatic heterocycles. The van der Waals surface area contributed by atoms with Crippen molar-refractivity contribution in [1.82, 2.24) is 0 Å². The molecule has 0 fully saturated rings. The third-order valence-corrected chi connectivity index (χ3v) is 3.79. The van der Waals surface area contributed by atoms with Gasteiger partial charge in [0, 0.05) is 6.07 Å². The van der Waals surface area contributed by atoms with Crippen LogP contribution in [0.4, 0.5) is 0 Å². The normalized spacial score (nSPS) is 12.0. The van der Waals surface area contributed by atoms with E-state index in [0.717, 1.165) is 11.1 Å². The highest BCUT2D eigenvalue weighted by Gasteiger charge is 2.18. The molecule has 24 heavy (non-hydrogen) atoms. The molecule has 0 amide bonds. The lowest BCUT2D eigenvalue weighted by molar-refractivity contribution is 0.0735. The average Bonchev–Trinajstić information content (AvgIpc) is 3.10. The predicted octanol–water partition coefficient (Wildman–Crippen LogP) is 4.30. The molecule has 0 spiro atoms. The van der Waals surface area contributed by atoms with E-state index < -0.39 is 5.97 Å². The number of hydrogen-bond acceptors (Lipinski definition) is 4. The van der Waals surface area contributed by atoms with Crippen molar-refractivity contribution in [1.29, 1.82) is 0 Å². The van der Waals surface area contributed by atoms with E-state index in [-0.39, 0.29) is 6.79 Å². The van der Waals surface area contributed by atoms with Crippen molar-refractivity contribution in [2.24, 2.45) is 0 Å². The van der Waals surface area contributed by atoms with Crippen LogP contribution in [0.2, 0.25) is 0 Å². The van der Waals surface area contributed by atoms with Gasteiger partial charge in [-0.25, -0.2) is 4.79 Å². The van der Waals surface area contributed by atoms with Crippen LogP contribution < -0.4 is 14.2 Å². The van der Waals surface area contributed by atoms with E-state index in [1.165, 1.54) is 0 Å². The number of rotatable bonds is 3. The fourth-order valence-electron chi connectivity index (χ4n) is 2.63. The summed E-state index contributed by atoms with van der Waals surface area (Å²) in [5, 5.41) is 0. The fourth-order valence-corrected chi connectivity index (χ4v) is 2.63. The van der Waals surface area contributed by atoms with Crippen LogP contribution in [0.1, 0.15) is 10.4 Å². The number of benzene rings is 3. The minimum atomic E-state index is -0.409. The van der Waals surface area contributed by atoms with Crippen LogP contribution in [-0.4, -0.2) is 12.8 Å². The summed E-state index contributed by atoms with van der Waals surface area (Å²) in [7, 11) is 0. The molecule has 3 aromatic rings. The Labute approximate surface area is 139 Å². The number of carbonyl (C=O) groups excluding carboxylic acids is 1. The first-order valence-corrected chi connectivity index (χ1v) is 7.57. The third kappa shape index (κ3) is 2.70. The van der Waals surface area contributed by atoms with Gasteiger partial charge < -0.3 is 14.2 Å². The number of fused-ring (bicyclic) bond motifs is 1. The lowest BCUT2D eigenvalue weighted by Crippen LogP contribution is -2.10. The van der Waals surface area contributed by atoms with Gasteiger partial charge in [-0.05, 0) is 29.3 Å². The Morgan fingerprint density at radius 3 is 2.46 bits per heavy atom. The van der Waals surface area contributed by atoms with E-state index in [1.807, 2.05) is 48.5 Å². The second-order valence-corrected chi connectivity index (χ2v) is 5.32. The number of carbonyl (C=O) groups is 1. The molecular weight excluding hydrogens is 304 g/mol. The molecule has 4 nitrogen and oxygen atoms in total. The van der Waals surface area contributed by atoms with E-state index in [4.69, 9.17) is 14.2 Å². The van der Waals surface area contributed by atoms with Gasteiger partial charge >= 0.3 is 5.97 Å². The quantitative estimate of drug-likeness (QED) is 0.533. The standard InChI is InChI=1S/C20H14O4/c21-20(24-15-10-11-18-19(12-15)23-13-22-18)17-9-5-4-8-16(17)14-6-2-1-3-7-14/h1-12H,13H2. The lowest BCUT2D eigenvalue weighted by atomic mass is 10.00. The van der Waals surface area contributed by atoms with Crippen molar-refractivity contribution in [3.63, 3.8) is 0 Å². The van der Waals surface area contributed by atoms with Gasteiger partial charge in [-0.1, -0.05) is 48.5 Å². The largest absolute Gasteiger partial charge is 0.454 e. The minimum Gasteiger partial charge on any atom is -0.454 e. The summed E-state index contributed by atoms with van der Waals surface area (Å²) >= 11 is 0. The average molecular weight is 318 g/mol. The van der Waals surface area contributed by atoms with Gasteiger partial charge in [0.05, 0.1) is 5.56 Å². The molecule has 0 radical (unpaired) electrons. The van der Waals surface area contributed by atoms with Gasteiger partial charge in [0.1, 0.15) is 5.75 Å². The summed E-state index contributed by atoms with van der Waals surface area (Å²) in [4.78, 5) is 12.6. The van der Waals surface area contributed by atoms with Gasteiger partial charge in [0.25, 0.3) is 0 Å². The molecule has 0 saturated carbocycles. The Hall–Kier alpha value is -3.27. The number of hydrogen-bond donors (Lipinski definition) is 0. The Morgan fingerprint density at radius 1 is 0.833 bits per heavy atom. The zero-order valence-corrected chi connectivity index (χ0v) is 12.8. The van der Waals surface area contributed by atoms with Crippen molar-refractivity contribution in [3.8, 4) is 28.4 Å². The van der Waals surface area contributed by atoms with Crippen molar-refractivity contribution >= 4 is 5.97 Å². The molecule has 0 aromatic heterocycles. The Kier molecular flexibility index (Phi) is 3.63. The van der Waals surface area contributed by atoms with Crippen molar-refractivity contribution in [2.45, 2.75) is 0 Å². The monoisotopic (exact) mass is 318 g/mol. The summed E-state index contributed by atoms with van der Waals surface area (Å²) in [6.45, 7) is 0.184. The summed E-state index contributed by atoms with van der Waals surface area (Å²) in [5.41, 5.74) is 2.32. The maximum atomic E-state index is 12.6. The first kappa shape index (κ1) is 14.3. The van der Waals surface area contributed by atoms with Gasteiger partial charge in [-0.3, -0.25) is 0 Å². The maximum Gasteiger partial charge on any atom is 0.344 e. The second-order valence-electron chi connectivity index (χ2n) is 5.32. The molecule has 0 atom stereocenters. The highest BCUT2D eigenvalue weighted by atomic mass is 16.7. The highest BCUT2D eigenvalue weighted by Crippen LogP contribution is 2.35. The molecule has 1 aliphatic rings. The molecule has 4 heteroatoms. The third-order valence-electron chi connectivity index (χ3n) is 3.79. The molecule has 0 unspecified atom stereocenters. The predicted molar refractivity (Wildman–Crippen MR) is 89.4 cm³/mol. The Bertz CT molecular complexity index is 887. The lowest BCUT2D eigenvalue weighted by Gasteiger charge is -2.10. The van der Waals surface area contributed by atoms with Crippen LogP contribution in [0.3, 0.4) is 0 Å². The molecule has 0 bridgehead atoms. The van der Waals surface area contributed by atoms with Crippen LogP contribution in [0.5, 0.6) is 17.2 Å². The molecule has 1 heterocycles. The Morgan fingerprint density at radius 2 is 1.58 bits per heavy atom. The van der Waals surface area contributed by atoms with Crippen LogP contribution in [-0.2, 0) is 0 Å². The minimum absolute atomic E-state index is 0.184. The van der Waals surface area contributed by atoms with Gasteiger partial charge in [0.2, 0.25) is 6.79 Å². The van der Waals surface area contributed by atoms with Gasteiger partial charge in [0.15, 0.2) is 11.5 Å². The van der Waals surface area contributed by atoms with Crippen molar-refractivity contribution in [3.05, 3.63) is 78.4 Å². The van der Waals surface area contributed by atoms with Crippen molar-refractivity contribution in [2.75, 3.05) is 6.79 Å². The summed E-state index contributed by atoms with van der Waals surface area (Å²) < 4.78 is 16.1. The van der Waals surface area contributed by atoms with Crippen molar-refractivity contribution < 1.29 is 19.0 Å². The smallest absolute Gasteiger partial charge is 0.344 e. The van der Waals surface area contributed by atoms with Crippen LogP contribution in [0, 0.1) is 0 Å². The first-order chi connectivity index (χ1) is 11.8. The van der Waals surface area contributed by atoms with Gasteiger partial charge in [-0.2, -0.15) is 0 Å². The summed E-state index contributed by atoms with van der Waals surface area (Å²) in [6, 6.07) is 22.2. The van der Waals surface area contributed by atoms with Gasteiger partial charge in [-0.15, -0.1) is 0 Å². The van der Waals surface area contributed by atoms with E-state index in [2.05, 4.69) is 0 Å². The zero-order chi connectivity index (χ0) is 16.4. The van der Waals surface area contributed by atoms with E-state index in [0.29, 0.717) is 22.8 Å². The number of esters is 1. The fraction of sp³-hybridized carbons (Fsp3) is 0.0500. The first-order valence-electron chi connectivity index (χ1n) is 7.57. The van der Waals surface area contributed by atoms with E-state index >= 15 is 0 Å². The maximum absolute atomic E-state index is 12.6. The molecule has 0 N–H and O–H groups in total. The highest BCUT2D eigenvalue weighted by molar-refractivity contribution is 5.98. The molecular formula is C20H14O4. The number of ether oxygens (including phenoxy) is 3. The molecule has 0 aliphatic carbocycles. The van der Waals surface area contributed by atoms with E-state index in [9.17, 15) is 4.79 Å². The molecule has 4 rings (SSSR count). The van der Waals surface area contributed by atoms with Crippen LogP contribution >= 0.6 is 0 Å². The Balaban J connectivity index is 1.64. The summed E-state index contributed by atoms with van der Waals surface area (Å²) in [6.07, 6.45) is 0. The SMILES string of the molecule is O=C(Oc1ccc2c(c1)OCO2)c1ccccc1-c1ccccc1. The second kappa shape index (κ2) is 6.08. The summed E-state index contributed by atoms with van der Waals surface area (Å²) in [5.74, 6) is 1.25. The van der Waals surface area contributed by atoms with Crippen LogP contribution in [0.15, 0.2) is 72.8 Å². The zero-order valence-electron chi connectivity index (χ0n) is 12.8.